The zero-order chi connectivity index (χ0) is 44.3. The topological polar surface area (TPSA) is 48.5 Å². The molecule has 12 rings (SSSR count). The van der Waals surface area contributed by atoms with Crippen molar-refractivity contribution >= 4 is 49.2 Å². The van der Waals surface area contributed by atoms with E-state index in [1.807, 2.05) is 36.4 Å². The van der Waals surface area contributed by atoms with Gasteiger partial charge in [0, 0.05) is 50.0 Å². The Hall–Kier alpha value is -8.15. The first-order valence-corrected chi connectivity index (χ1v) is 23.0. The summed E-state index contributed by atoms with van der Waals surface area (Å²) in [6.45, 7) is 6.72. The molecule has 0 fully saturated rings. The highest BCUT2D eigenvalue weighted by Crippen LogP contribution is 2.39. The van der Waals surface area contributed by atoms with Gasteiger partial charge in [0.15, 0.2) is 11.6 Å². The summed E-state index contributed by atoms with van der Waals surface area (Å²) in [6.07, 6.45) is 7.63. The number of rotatable bonds is 8. The van der Waals surface area contributed by atoms with Crippen molar-refractivity contribution in [3.8, 4) is 45.3 Å². The fourth-order valence-electron chi connectivity index (χ4n) is 9.91. The van der Waals surface area contributed by atoms with E-state index in [4.69, 9.17) is 15.0 Å². The third-order valence-electron chi connectivity index (χ3n) is 13.3. The Balaban J connectivity index is 0.945. The number of para-hydroxylation sites is 1. The fraction of sp³-hybridized carbons (Fsp3) is 0.0984. The number of aromatic nitrogens is 5. The molecule has 1 aliphatic rings. The van der Waals surface area contributed by atoms with E-state index in [-0.39, 0.29) is 5.92 Å². The lowest BCUT2D eigenvalue weighted by Crippen LogP contribution is -2.09. The van der Waals surface area contributed by atoms with Gasteiger partial charge in [0.25, 0.3) is 0 Å². The van der Waals surface area contributed by atoms with Crippen molar-refractivity contribution in [2.45, 2.75) is 39.0 Å². The van der Waals surface area contributed by atoms with Crippen LogP contribution in [0.25, 0.3) is 94.5 Å². The first kappa shape index (κ1) is 39.4. The Morgan fingerprint density at radius 1 is 0.455 bits per heavy atom. The molecule has 0 amide bonds. The summed E-state index contributed by atoms with van der Waals surface area (Å²) in [7, 11) is 0. The Kier molecular flexibility index (Phi) is 9.64. The first-order valence-electron chi connectivity index (χ1n) is 23.0. The second kappa shape index (κ2) is 16.1. The third kappa shape index (κ3) is 6.92. The molecule has 0 saturated heterocycles. The van der Waals surface area contributed by atoms with Gasteiger partial charge in [0.1, 0.15) is 5.82 Å². The number of benzene rings is 8. The van der Waals surface area contributed by atoms with Gasteiger partial charge in [0.2, 0.25) is 0 Å². The van der Waals surface area contributed by atoms with Gasteiger partial charge in [-0.15, -0.1) is 0 Å². The van der Waals surface area contributed by atoms with E-state index < -0.39 is 0 Å². The van der Waals surface area contributed by atoms with Crippen LogP contribution in [-0.4, -0.2) is 24.1 Å². The lowest BCUT2D eigenvalue weighted by molar-refractivity contribution is 0.766. The van der Waals surface area contributed by atoms with Crippen LogP contribution < -0.4 is 0 Å². The normalized spacial score (nSPS) is 13.9. The molecule has 1 atom stereocenters. The molecule has 0 radical (unpaired) electrons. The highest BCUT2D eigenvalue weighted by Gasteiger charge is 2.21. The van der Waals surface area contributed by atoms with Crippen LogP contribution in [0.1, 0.15) is 54.6 Å². The molecule has 0 saturated carbocycles. The van der Waals surface area contributed by atoms with Gasteiger partial charge < -0.3 is 9.13 Å². The zero-order valence-electron chi connectivity index (χ0n) is 37.2. The smallest absolute Gasteiger partial charge is 0.163 e. The van der Waals surface area contributed by atoms with Crippen molar-refractivity contribution in [1.82, 2.24) is 24.1 Å². The summed E-state index contributed by atoms with van der Waals surface area (Å²) in [5.74, 6) is 2.58. The molecule has 1 unspecified atom stereocenters. The molecular formula is C61H47N5. The largest absolute Gasteiger partial charge is 0.309 e. The van der Waals surface area contributed by atoms with Crippen molar-refractivity contribution in [2.24, 2.45) is 0 Å². The van der Waals surface area contributed by atoms with E-state index in [1.165, 1.54) is 65.9 Å². The van der Waals surface area contributed by atoms with Gasteiger partial charge in [0.05, 0.1) is 22.1 Å². The Morgan fingerprint density at radius 3 is 1.76 bits per heavy atom. The number of fused-ring (bicyclic) bond motifs is 6. The predicted octanol–water partition coefficient (Wildman–Crippen LogP) is 15.6. The van der Waals surface area contributed by atoms with Crippen LogP contribution in [0.15, 0.2) is 206 Å². The summed E-state index contributed by atoms with van der Waals surface area (Å²) in [5.41, 5.74) is 16.3. The number of aryl methyl sites for hydroxylation is 1. The van der Waals surface area contributed by atoms with Gasteiger partial charge in [-0.3, -0.25) is 0 Å². The minimum absolute atomic E-state index is 0.0164. The van der Waals surface area contributed by atoms with Crippen LogP contribution in [0.3, 0.4) is 0 Å². The van der Waals surface area contributed by atoms with E-state index in [2.05, 4.69) is 200 Å². The average Bonchev–Trinajstić information content (AvgIpc) is 3.88. The number of hydrogen-bond donors (Lipinski definition) is 0. The number of hydrogen-bond acceptors (Lipinski definition) is 3. The van der Waals surface area contributed by atoms with E-state index in [1.54, 1.807) is 0 Å². The van der Waals surface area contributed by atoms with Crippen molar-refractivity contribution in [3.05, 3.63) is 229 Å². The molecule has 0 bridgehead atoms. The standard InChI is InChI=1S/C61H47N5/c1-39(2)43-29-32-57-54(37-43)53-33-40(3)27-31-56(53)65(57)49-23-14-21-46(36-49)47-28-30-52-51-25-10-11-26-55(51)66(58(52)38-47)50-24-13-20-45(35-50)44-19-12-22-48(34-44)61-63-59(41-15-6-4-7-16-41)62-60(64-61)42-17-8-5-9-18-42/h4-21,23-39,48H,22H2,1-3H3. The van der Waals surface area contributed by atoms with Crippen LogP contribution in [0.2, 0.25) is 0 Å². The summed E-state index contributed by atoms with van der Waals surface area (Å²) in [4.78, 5) is 15.1. The lowest BCUT2D eigenvalue weighted by atomic mass is 9.91. The van der Waals surface area contributed by atoms with Crippen LogP contribution in [0.4, 0.5) is 0 Å². The van der Waals surface area contributed by atoms with Crippen LogP contribution in [0, 0.1) is 6.92 Å². The molecule has 3 heterocycles. The Morgan fingerprint density at radius 2 is 1.03 bits per heavy atom. The predicted molar refractivity (Wildman–Crippen MR) is 275 cm³/mol. The molecule has 1 aliphatic carbocycles. The zero-order valence-corrected chi connectivity index (χ0v) is 37.2. The first-order chi connectivity index (χ1) is 32.4. The minimum atomic E-state index is -0.0164. The van der Waals surface area contributed by atoms with Gasteiger partial charge in [-0.1, -0.05) is 165 Å². The van der Waals surface area contributed by atoms with E-state index in [9.17, 15) is 0 Å². The SMILES string of the molecule is Cc1ccc2c(c1)c1cc(C(C)C)ccc1n2-c1cccc(-c2ccc3c4ccccc4n(-c4cccc(C5=CC(c6nc(-c7ccccc7)nc(-c7ccccc7)n6)CC=C5)c4)c3c2)c1. The van der Waals surface area contributed by atoms with Crippen LogP contribution in [-0.2, 0) is 0 Å². The van der Waals surface area contributed by atoms with Crippen LogP contribution >= 0.6 is 0 Å². The summed E-state index contributed by atoms with van der Waals surface area (Å²) < 4.78 is 4.86. The maximum atomic E-state index is 5.09. The Labute approximate surface area is 384 Å². The lowest BCUT2D eigenvalue weighted by Gasteiger charge is -2.18. The highest BCUT2D eigenvalue weighted by molar-refractivity contribution is 6.11. The molecule has 0 aliphatic heterocycles. The molecule has 5 nitrogen and oxygen atoms in total. The fourth-order valence-corrected chi connectivity index (χ4v) is 9.91. The average molecular weight is 850 g/mol. The van der Waals surface area contributed by atoms with Gasteiger partial charge in [-0.2, -0.15) is 0 Å². The molecule has 316 valence electrons. The molecule has 66 heavy (non-hydrogen) atoms. The van der Waals surface area contributed by atoms with Gasteiger partial charge in [-0.05, 0) is 108 Å². The van der Waals surface area contributed by atoms with Crippen molar-refractivity contribution < 1.29 is 0 Å². The van der Waals surface area contributed by atoms with E-state index in [0.717, 1.165) is 45.9 Å². The van der Waals surface area contributed by atoms with Gasteiger partial charge >= 0.3 is 0 Å². The molecule has 0 N–H and O–H groups in total. The van der Waals surface area contributed by atoms with Crippen LogP contribution in [0.5, 0.6) is 0 Å². The second-order valence-electron chi connectivity index (χ2n) is 17.9. The third-order valence-corrected chi connectivity index (χ3v) is 13.3. The van der Waals surface area contributed by atoms with Gasteiger partial charge in [-0.25, -0.2) is 15.0 Å². The maximum Gasteiger partial charge on any atom is 0.163 e. The number of allylic oxidation sites excluding steroid dienone is 4. The van der Waals surface area contributed by atoms with Crippen molar-refractivity contribution in [3.63, 3.8) is 0 Å². The van der Waals surface area contributed by atoms with E-state index >= 15 is 0 Å². The van der Waals surface area contributed by atoms with E-state index in [0.29, 0.717) is 17.6 Å². The molecule has 11 aromatic rings. The molecule has 5 heteroatoms. The monoisotopic (exact) mass is 849 g/mol. The number of nitrogens with zero attached hydrogens (tertiary/aromatic N) is 5. The summed E-state index contributed by atoms with van der Waals surface area (Å²) in [5, 5.41) is 5.05. The van der Waals surface area contributed by atoms with Crippen molar-refractivity contribution in [2.75, 3.05) is 0 Å². The van der Waals surface area contributed by atoms with Crippen molar-refractivity contribution in [1.29, 1.82) is 0 Å². The quantitative estimate of drug-likeness (QED) is 0.153. The second-order valence-corrected chi connectivity index (χ2v) is 17.9. The summed E-state index contributed by atoms with van der Waals surface area (Å²) >= 11 is 0. The Bertz CT molecular complexity index is 3660. The molecular weight excluding hydrogens is 803 g/mol. The summed E-state index contributed by atoms with van der Waals surface area (Å²) in [6, 6.07) is 67.9. The highest BCUT2D eigenvalue weighted by atomic mass is 15.0. The molecule has 3 aromatic heterocycles. The maximum absolute atomic E-state index is 5.09. The minimum Gasteiger partial charge on any atom is -0.309 e. The molecule has 0 spiro atoms. The molecule has 8 aromatic carbocycles.